The second-order valence-corrected chi connectivity index (χ2v) is 4.52. The predicted molar refractivity (Wildman–Crippen MR) is 75.0 cm³/mol. The van der Waals surface area contributed by atoms with Crippen molar-refractivity contribution in [3.8, 4) is 5.75 Å². The molecule has 0 bridgehead atoms. The maximum Gasteiger partial charge on any atom is 0.255 e. The molecule has 0 fully saturated rings. The zero-order chi connectivity index (χ0) is 13.9. The van der Waals surface area contributed by atoms with E-state index in [1.807, 2.05) is 37.3 Å². The van der Waals surface area contributed by atoms with E-state index in [0.29, 0.717) is 0 Å². The van der Waals surface area contributed by atoms with Gasteiger partial charge in [-0.3, -0.25) is 4.98 Å². The molecule has 2 heterocycles. The minimum Gasteiger partial charge on any atom is -0.484 e. The Hall–Kier alpha value is -2.49. The monoisotopic (exact) mass is 268 g/mol. The zero-order valence-electron chi connectivity index (χ0n) is 11.0. The Morgan fingerprint density at radius 1 is 1.15 bits per heavy atom. The van der Waals surface area contributed by atoms with E-state index in [1.165, 1.54) is 6.20 Å². The summed E-state index contributed by atoms with van der Waals surface area (Å²) < 4.78 is 19.0. The number of para-hydroxylation sites is 1. The van der Waals surface area contributed by atoms with Gasteiger partial charge in [-0.1, -0.05) is 18.2 Å². The number of aromatic nitrogens is 2. The van der Waals surface area contributed by atoms with Crippen molar-refractivity contribution in [3.05, 3.63) is 65.9 Å². The van der Waals surface area contributed by atoms with Crippen LogP contribution < -0.4 is 4.74 Å². The molecule has 0 amide bonds. The van der Waals surface area contributed by atoms with Gasteiger partial charge in [0.2, 0.25) is 0 Å². The summed E-state index contributed by atoms with van der Waals surface area (Å²) in [6.07, 6.45) is 1.40. The molecule has 2 aromatic heterocycles. The van der Waals surface area contributed by atoms with E-state index >= 15 is 0 Å². The lowest BCUT2D eigenvalue weighted by Crippen LogP contribution is -2.00. The fourth-order valence-electron chi connectivity index (χ4n) is 2.15. The van der Waals surface area contributed by atoms with Crippen LogP contribution in [0.5, 0.6) is 5.75 Å². The van der Waals surface area contributed by atoms with Gasteiger partial charge in [-0.05, 0) is 31.2 Å². The summed E-state index contributed by atoms with van der Waals surface area (Å²) in [5.41, 5.74) is 2.81. The summed E-state index contributed by atoms with van der Waals surface area (Å²) in [4.78, 5) is 8.03. The molecule has 3 nitrogen and oxygen atoms in total. The fraction of sp³-hybridized carbons (Fsp3) is 0.125. The van der Waals surface area contributed by atoms with Gasteiger partial charge in [-0.2, -0.15) is 4.39 Å². The first-order valence-electron chi connectivity index (χ1n) is 6.32. The maximum atomic E-state index is 13.4. The Labute approximate surface area is 116 Å². The zero-order valence-corrected chi connectivity index (χ0v) is 11.0. The molecule has 0 saturated carbocycles. The number of hydrogen-bond donors (Lipinski definition) is 0. The molecule has 0 atom stereocenters. The van der Waals surface area contributed by atoms with E-state index < -0.39 is 5.95 Å². The largest absolute Gasteiger partial charge is 0.484 e. The van der Waals surface area contributed by atoms with Crippen LogP contribution in [0.2, 0.25) is 0 Å². The highest BCUT2D eigenvalue weighted by Crippen LogP contribution is 2.21. The number of pyridine rings is 2. The summed E-state index contributed by atoms with van der Waals surface area (Å²) >= 11 is 0. The number of benzene rings is 1. The van der Waals surface area contributed by atoms with Crippen LogP contribution >= 0.6 is 0 Å². The van der Waals surface area contributed by atoms with Crippen molar-refractivity contribution in [2.45, 2.75) is 13.5 Å². The third-order valence-corrected chi connectivity index (χ3v) is 3.04. The van der Waals surface area contributed by atoms with Crippen LogP contribution in [0.1, 0.15) is 11.3 Å². The number of hydrogen-bond acceptors (Lipinski definition) is 3. The molecule has 0 N–H and O–H groups in total. The lowest BCUT2D eigenvalue weighted by Gasteiger charge is -2.10. The van der Waals surface area contributed by atoms with Crippen LogP contribution in [-0.4, -0.2) is 9.97 Å². The summed E-state index contributed by atoms with van der Waals surface area (Å²) in [7, 11) is 0. The molecular weight excluding hydrogens is 255 g/mol. The number of fused-ring (bicyclic) bond motifs is 1. The highest BCUT2D eigenvalue weighted by atomic mass is 19.1. The van der Waals surface area contributed by atoms with Gasteiger partial charge < -0.3 is 4.74 Å². The van der Waals surface area contributed by atoms with Gasteiger partial charge in [0.1, 0.15) is 6.61 Å². The Morgan fingerprint density at radius 3 is 2.85 bits per heavy atom. The minimum atomic E-state index is -0.595. The van der Waals surface area contributed by atoms with Crippen molar-refractivity contribution >= 4 is 10.9 Å². The number of ether oxygens (including phenoxy) is 1. The summed E-state index contributed by atoms with van der Waals surface area (Å²) in [5.74, 6) is -0.436. The third-order valence-electron chi connectivity index (χ3n) is 3.04. The van der Waals surface area contributed by atoms with Crippen LogP contribution in [0.15, 0.2) is 48.7 Å². The van der Waals surface area contributed by atoms with Gasteiger partial charge in [0.25, 0.3) is 5.95 Å². The minimum absolute atomic E-state index is 0.158. The second-order valence-electron chi connectivity index (χ2n) is 4.52. The molecule has 4 heteroatoms. The summed E-state index contributed by atoms with van der Waals surface area (Å²) in [5, 5.41) is 1.02. The highest BCUT2D eigenvalue weighted by Gasteiger charge is 2.07. The van der Waals surface area contributed by atoms with Crippen LogP contribution in [0.25, 0.3) is 10.9 Å². The molecule has 0 aliphatic rings. The lowest BCUT2D eigenvalue weighted by atomic mass is 10.1. The molecule has 0 radical (unpaired) electrons. The SMILES string of the molecule is Cc1cc(COc2cccnc2F)c2ccccc2n1. The molecule has 100 valence electrons. The highest BCUT2D eigenvalue weighted by molar-refractivity contribution is 5.82. The average Bonchev–Trinajstić information content (AvgIpc) is 2.46. The first-order chi connectivity index (χ1) is 9.74. The van der Waals surface area contributed by atoms with Crippen LogP contribution in [0, 0.1) is 12.9 Å². The molecule has 20 heavy (non-hydrogen) atoms. The second kappa shape index (κ2) is 5.25. The van der Waals surface area contributed by atoms with Crippen molar-refractivity contribution in [2.75, 3.05) is 0 Å². The first-order valence-corrected chi connectivity index (χ1v) is 6.32. The van der Waals surface area contributed by atoms with Crippen LogP contribution in [-0.2, 0) is 6.61 Å². The Kier molecular flexibility index (Phi) is 3.29. The molecule has 0 spiro atoms. The smallest absolute Gasteiger partial charge is 0.255 e. The molecule has 1 aromatic carbocycles. The van der Waals surface area contributed by atoms with Gasteiger partial charge in [0.05, 0.1) is 5.52 Å². The Balaban J connectivity index is 1.93. The summed E-state index contributed by atoms with van der Waals surface area (Å²) in [6.45, 7) is 2.22. The van der Waals surface area contributed by atoms with Gasteiger partial charge in [-0.25, -0.2) is 4.98 Å². The quantitative estimate of drug-likeness (QED) is 0.680. The maximum absolute atomic E-state index is 13.4. The van der Waals surface area contributed by atoms with Crippen LogP contribution in [0.4, 0.5) is 4.39 Å². The molecule has 3 aromatic rings. The molecule has 0 unspecified atom stereocenters. The van der Waals surface area contributed by atoms with E-state index in [4.69, 9.17) is 4.74 Å². The van der Waals surface area contributed by atoms with E-state index in [1.54, 1.807) is 12.1 Å². The number of rotatable bonds is 3. The topological polar surface area (TPSA) is 35.0 Å². The molecule has 0 aliphatic heterocycles. The van der Waals surface area contributed by atoms with E-state index in [2.05, 4.69) is 9.97 Å². The standard InChI is InChI=1S/C16H13FN2O/c1-11-9-12(13-5-2-3-6-14(13)19-11)10-20-15-7-4-8-18-16(15)17/h2-9H,10H2,1H3. The van der Waals surface area contributed by atoms with Crippen molar-refractivity contribution in [1.29, 1.82) is 0 Å². The first kappa shape index (κ1) is 12.5. The van der Waals surface area contributed by atoms with Crippen molar-refractivity contribution in [1.82, 2.24) is 9.97 Å². The van der Waals surface area contributed by atoms with E-state index in [0.717, 1.165) is 22.2 Å². The fourth-order valence-corrected chi connectivity index (χ4v) is 2.15. The van der Waals surface area contributed by atoms with E-state index in [9.17, 15) is 4.39 Å². The van der Waals surface area contributed by atoms with E-state index in [-0.39, 0.29) is 12.4 Å². The Morgan fingerprint density at radius 2 is 2.00 bits per heavy atom. The average molecular weight is 268 g/mol. The summed E-state index contributed by atoms with van der Waals surface area (Å²) in [6, 6.07) is 13.0. The van der Waals surface area contributed by atoms with Crippen molar-refractivity contribution < 1.29 is 9.13 Å². The van der Waals surface area contributed by atoms with Gasteiger partial charge in [-0.15, -0.1) is 0 Å². The molecule has 0 saturated heterocycles. The molecule has 3 rings (SSSR count). The lowest BCUT2D eigenvalue weighted by molar-refractivity contribution is 0.287. The number of nitrogens with zero attached hydrogens (tertiary/aromatic N) is 2. The number of aryl methyl sites for hydroxylation is 1. The van der Waals surface area contributed by atoms with Gasteiger partial charge in [0, 0.05) is 22.8 Å². The van der Waals surface area contributed by atoms with Gasteiger partial charge in [0.15, 0.2) is 5.75 Å². The van der Waals surface area contributed by atoms with Gasteiger partial charge >= 0.3 is 0 Å². The Bertz CT molecular complexity index is 758. The third kappa shape index (κ3) is 2.45. The normalized spacial score (nSPS) is 10.7. The van der Waals surface area contributed by atoms with Crippen LogP contribution in [0.3, 0.4) is 0 Å². The predicted octanol–water partition coefficient (Wildman–Crippen LogP) is 3.66. The van der Waals surface area contributed by atoms with Crippen molar-refractivity contribution in [2.24, 2.45) is 0 Å². The molecular formula is C16H13FN2O. The molecule has 0 aliphatic carbocycles. The van der Waals surface area contributed by atoms with Crippen molar-refractivity contribution in [3.63, 3.8) is 0 Å². The number of halogens is 1.